The van der Waals surface area contributed by atoms with Crippen LogP contribution in [0.25, 0.3) is 0 Å². The van der Waals surface area contributed by atoms with Gasteiger partial charge in [0.2, 0.25) is 47.3 Å². The van der Waals surface area contributed by atoms with Gasteiger partial charge in [0.25, 0.3) is 0 Å². The third kappa shape index (κ3) is 19.5. The van der Waals surface area contributed by atoms with Gasteiger partial charge in [0.1, 0.15) is 36.3 Å². The van der Waals surface area contributed by atoms with Gasteiger partial charge in [-0.15, -0.1) is 0 Å². The van der Waals surface area contributed by atoms with E-state index in [0.29, 0.717) is 11.5 Å². The van der Waals surface area contributed by atoms with Crippen LogP contribution in [-0.2, 0) is 49.6 Å². The molecule has 0 spiro atoms. The van der Waals surface area contributed by atoms with Crippen molar-refractivity contribution in [2.45, 2.75) is 101 Å². The van der Waals surface area contributed by atoms with Crippen LogP contribution in [0.15, 0.2) is 30.3 Å². The number of aliphatic carboxylic acids is 1. The number of carbonyl (C=O) groups excluding carboxylic acids is 8. The lowest BCUT2D eigenvalue weighted by Crippen LogP contribution is -2.61. The number of primary amides is 1. The monoisotopic (exact) mass is 855 g/mol. The molecule has 0 fully saturated rings. The highest BCUT2D eigenvalue weighted by Gasteiger charge is 2.33. The Bertz CT molecular complexity index is 1570. The van der Waals surface area contributed by atoms with Crippen LogP contribution in [0.1, 0.15) is 52.0 Å². The maximum atomic E-state index is 13.5. The number of thioether (sulfide) groups is 2. The van der Waals surface area contributed by atoms with Crippen molar-refractivity contribution < 1.29 is 53.4 Å². The van der Waals surface area contributed by atoms with Gasteiger partial charge in [0, 0.05) is 12.8 Å². The highest BCUT2D eigenvalue weighted by Crippen LogP contribution is 2.08. The lowest BCUT2D eigenvalue weighted by molar-refractivity contribution is -0.137. The zero-order valence-corrected chi connectivity index (χ0v) is 34.8. The number of nitrogens with two attached hydrogens (primary N) is 2. The highest BCUT2D eigenvalue weighted by atomic mass is 32.2. The average molecular weight is 856 g/mol. The van der Waals surface area contributed by atoms with Crippen LogP contribution in [0, 0.1) is 0 Å². The van der Waals surface area contributed by atoms with Gasteiger partial charge in [-0.05, 0) is 69.6 Å². The van der Waals surface area contributed by atoms with Crippen molar-refractivity contribution in [1.29, 1.82) is 0 Å². The molecule has 324 valence electrons. The zero-order valence-electron chi connectivity index (χ0n) is 33.2. The Morgan fingerprint density at radius 2 is 1.17 bits per heavy atom. The smallest absolute Gasteiger partial charge is 0.303 e. The number of hydrogen-bond acceptors (Lipinski definition) is 13. The van der Waals surface area contributed by atoms with E-state index in [1.807, 2.05) is 0 Å². The molecule has 20 nitrogen and oxygen atoms in total. The molecule has 0 aliphatic heterocycles. The number of rotatable bonds is 27. The second-order valence-electron chi connectivity index (χ2n) is 13.3. The largest absolute Gasteiger partial charge is 0.481 e. The summed E-state index contributed by atoms with van der Waals surface area (Å²) in [5.41, 5.74) is 12.0. The molecule has 0 heterocycles. The quantitative estimate of drug-likeness (QED) is 0.0417. The molecule has 58 heavy (non-hydrogen) atoms. The van der Waals surface area contributed by atoms with Crippen molar-refractivity contribution in [1.82, 2.24) is 37.2 Å². The highest BCUT2D eigenvalue weighted by molar-refractivity contribution is 7.98. The molecule has 1 aromatic rings. The van der Waals surface area contributed by atoms with E-state index in [4.69, 9.17) is 16.6 Å². The Morgan fingerprint density at radius 1 is 0.655 bits per heavy atom. The minimum absolute atomic E-state index is 0.0913. The lowest BCUT2D eigenvalue weighted by Gasteiger charge is -2.27. The minimum Gasteiger partial charge on any atom is -0.481 e. The predicted molar refractivity (Wildman–Crippen MR) is 218 cm³/mol. The van der Waals surface area contributed by atoms with Crippen molar-refractivity contribution in [3.63, 3.8) is 0 Å². The Hall–Kier alpha value is -4.93. The number of benzene rings is 1. The number of nitrogens with one attached hydrogen (secondary N) is 7. The molecule has 0 unspecified atom stereocenters. The van der Waals surface area contributed by atoms with Gasteiger partial charge in [0.05, 0.1) is 18.7 Å². The third-order valence-electron chi connectivity index (χ3n) is 8.44. The number of carboxylic acid groups (broad SMARTS) is 1. The van der Waals surface area contributed by atoms with E-state index in [0.717, 1.165) is 5.56 Å². The van der Waals surface area contributed by atoms with Gasteiger partial charge in [-0.25, -0.2) is 0 Å². The summed E-state index contributed by atoms with van der Waals surface area (Å²) in [7, 11) is 0. The standard InChI is InChI=1S/C36H57N9O11S2/c1-19(31(51)39-18-27(47)42-26(30(38)50)17-22-9-7-6-8-10-22)40-32(52)20(2)41-36(56)29(21(3)46)45-35(55)25(14-16-58-5)44-34(54)24(13-15-57-4)43-33(53)23(37)11-12-28(48)49/h6-10,19-21,23-26,29,46H,11-18,37H2,1-5H3,(H2,38,50)(H,39,51)(H,40,52)(H,41,56)(H,42,47)(H,43,53)(H,44,54)(H,45,55)(H,48,49)/t19-,20-,21+,23-,24-,25-,26-,29-/m0/s1. The van der Waals surface area contributed by atoms with E-state index >= 15 is 0 Å². The van der Waals surface area contributed by atoms with Crippen LogP contribution in [0.3, 0.4) is 0 Å². The summed E-state index contributed by atoms with van der Waals surface area (Å²) in [5, 5.41) is 36.4. The Balaban J connectivity index is 2.86. The number of aliphatic hydroxyl groups excluding tert-OH is 1. The molecular formula is C36H57N9O11S2. The molecule has 8 atom stereocenters. The predicted octanol–water partition coefficient (Wildman–Crippen LogP) is -3.14. The average Bonchev–Trinajstić information content (AvgIpc) is 3.17. The van der Waals surface area contributed by atoms with Crippen molar-refractivity contribution in [3.05, 3.63) is 35.9 Å². The summed E-state index contributed by atoms with van der Waals surface area (Å²) in [6.07, 6.45) is 1.94. The fourth-order valence-electron chi connectivity index (χ4n) is 5.04. The second kappa shape index (κ2) is 26.9. The van der Waals surface area contributed by atoms with Crippen LogP contribution in [0.4, 0.5) is 0 Å². The number of aliphatic hydroxyl groups is 1. The molecule has 0 aliphatic carbocycles. The van der Waals surface area contributed by atoms with E-state index in [1.54, 1.807) is 42.8 Å². The minimum atomic E-state index is -1.60. The van der Waals surface area contributed by atoms with Crippen LogP contribution in [0.5, 0.6) is 0 Å². The van der Waals surface area contributed by atoms with Crippen LogP contribution < -0.4 is 48.7 Å². The third-order valence-corrected chi connectivity index (χ3v) is 9.73. The molecule has 0 saturated heterocycles. The van der Waals surface area contributed by atoms with E-state index < -0.39 is 108 Å². The number of carbonyl (C=O) groups is 9. The Kier molecular flexibility index (Phi) is 23.7. The molecule has 0 aliphatic rings. The Labute approximate surface area is 345 Å². The van der Waals surface area contributed by atoms with Crippen LogP contribution in [0.2, 0.25) is 0 Å². The molecule has 22 heteroatoms. The number of hydrogen-bond donors (Lipinski definition) is 11. The molecular weight excluding hydrogens is 799 g/mol. The van der Waals surface area contributed by atoms with E-state index in [1.165, 1.54) is 44.3 Å². The molecule has 1 rings (SSSR count). The maximum Gasteiger partial charge on any atom is 0.303 e. The topological polar surface area (TPSA) is 330 Å². The molecule has 8 amide bonds. The van der Waals surface area contributed by atoms with Crippen molar-refractivity contribution in [3.8, 4) is 0 Å². The summed E-state index contributed by atoms with van der Waals surface area (Å²) in [6, 6.07) is 0.184. The SMILES string of the molecule is CSCC[C@H](NC(=O)[C@H](CCSC)NC(=O)[C@@H](N)CCC(=O)O)C(=O)N[C@H](C(=O)N[C@@H](C)C(=O)N[C@@H](C)C(=O)NCC(=O)N[C@@H](Cc1ccccc1)C(N)=O)[C@@H](C)O. The number of amides is 8. The summed E-state index contributed by atoms with van der Waals surface area (Å²) >= 11 is 2.77. The molecule has 1 aromatic carbocycles. The Morgan fingerprint density at radius 3 is 1.69 bits per heavy atom. The van der Waals surface area contributed by atoms with Gasteiger partial charge in [-0.1, -0.05) is 30.3 Å². The summed E-state index contributed by atoms with van der Waals surface area (Å²) in [5.74, 6) is -6.65. The van der Waals surface area contributed by atoms with Gasteiger partial charge >= 0.3 is 5.97 Å². The number of carboxylic acids is 1. The summed E-state index contributed by atoms with van der Waals surface area (Å²) < 4.78 is 0. The van der Waals surface area contributed by atoms with Gasteiger partial charge < -0.3 is 58.9 Å². The molecule has 0 radical (unpaired) electrons. The fourth-order valence-corrected chi connectivity index (χ4v) is 5.98. The summed E-state index contributed by atoms with van der Waals surface area (Å²) in [4.78, 5) is 114. The van der Waals surface area contributed by atoms with Crippen molar-refractivity contribution >= 4 is 76.8 Å². The van der Waals surface area contributed by atoms with E-state index in [-0.39, 0.29) is 32.1 Å². The van der Waals surface area contributed by atoms with Crippen LogP contribution >= 0.6 is 23.5 Å². The lowest BCUT2D eigenvalue weighted by atomic mass is 10.1. The van der Waals surface area contributed by atoms with Crippen molar-refractivity contribution in [2.75, 3.05) is 30.6 Å². The maximum absolute atomic E-state index is 13.5. The normalized spacial score (nSPS) is 15.0. The van der Waals surface area contributed by atoms with Crippen LogP contribution in [-0.4, -0.2) is 142 Å². The first-order chi connectivity index (χ1) is 27.3. The first-order valence-corrected chi connectivity index (χ1v) is 21.1. The van der Waals surface area contributed by atoms with Gasteiger partial charge in [0.15, 0.2) is 0 Å². The second-order valence-corrected chi connectivity index (χ2v) is 15.3. The van der Waals surface area contributed by atoms with Gasteiger partial charge in [-0.2, -0.15) is 23.5 Å². The first-order valence-electron chi connectivity index (χ1n) is 18.4. The molecule has 0 bridgehead atoms. The van der Waals surface area contributed by atoms with Gasteiger partial charge in [-0.3, -0.25) is 43.2 Å². The molecule has 13 N–H and O–H groups in total. The molecule has 0 saturated carbocycles. The zero-order chi connectivity index (χ0) is 43.9. The van der Waals surface area contributed by atoms with E-state index in [2.05, 4.69) is 37.2 Å². The van der Waals surface area contributed by atoms with Crippen molar-refractivity contribution in [2.24, 2.45) is 11.5 Å². The first kappa shape index (κ1) is 51.1. The summed E-state index contributed by atoms with van der Waals surface area (Å²) in [6.45, 7) is 3.31. The van der Waals surface area contributed by atoms with E-state index in [9.17, 15) is 48.3 Å². The molecule has 0 aromatic heterocycles. The fraction of sp³-hybridized carbons (Fsp3) is 0.583.